The van der Waals surface area contributed by atoms with Gasteiger partial charge in [-0.2, -0.15) is 0 Å². The number of hydrogen-bond acceptors (Lipinski definition) is 3. The van der Waals surface area contributed by atoms with E-state index in [2.05, 4.69) is 29.9 Å². The third-order valence-corrected chi connectivity index (χ3v) is 4.65. The quantitative estimate of drug-likeness (QED) is 0.853. The van der Waals surface area contributed by atoms with Crippen molar-refractivity contribution in [2.45, 2.75) is 57.2 Å². The Kier molecular flexibility index (Phi) is 4.27. The minimum absolute atomic E-state index is 0.139. The molecule has 1 aromatic heterocycles. The van der Waals surface area contributed by atoms with Crippen LogP contribution in [0.3, 0.4) is 0 Å². The van der Waals surface area contributed by atoms with Gasteiger partial charge in [-0.1, -0.05) is 31.4 Å². The number of aryl methyl sites for hydroxylation is 1. The summed E-state index contributed by atoms with van der Waals surface area (Å²) in [5.41, 5.74) is 2.19. The maximum Gasteiger partial charge on any atom is 0.126 e. The lowest BCUT2D eigenvalue weighted by Gasteiger charge is -2.25. The Hall–Kier alpha value is -1.39. The molecule has 0 aliphatic heterocycles. The molecule has 21 heavy (non-hydrogen) atoms. The van der Waals surface area contributed by atoms with E-state index in [-0.39, 0.29) is 18.2 Å². The summed E-state index contributed by atoms with van der Waals surface area (Å²) in [6, 6.07) is 8.53. The van der Waals surface area contributed by atoms with Gasteiger partial charge in [0.05, 0.1) is 23.2 Å². The van der Waals surface area contributed by atoms with Crippen LogP contribution in [0.5, 0.6) is 0 Å². The molecule has 0 bridgehead atoms. The number of fused-ring (bicyclic) bond motifs is 1. The van der Waals surface area contributed by atoms with Gasteiger partial charge < -0.3 is 15.0 Å². The summed E-state index contributed by atoms with van der Waals surface area (Å²) in [6.45, 7) is 2.14. The van der Waals surface area contributed by atoms with Crippen LogP contribution >= 0.6 is 0 Å². The zero-order valence-electron chi connectivity index (χ0n) is 12.9. The molecule has 3 rings (SSSR count). The molecule has 4 nitrogen and oxygen atoms in total. The van der Waals surface area contributed by atoms with E-state index in [4.69, 9.17) is 4.98 Å². The van der Waals surface area contributed by atoms with Crippen LogP contribution in [-0.4, -0.2) is 26.8 Å². The first-order chi connectivity index (χ1) is 10.2. The molecule has 1 aliphatic rings. The molecule has 0 saturated heterocycles. The van der Waals surface area contributed by atoms with Crippen molar-refractivity contribution >= 4 is 11.0 Å². The standard InChI is InChI=1S/C17H25N3O/c1-12(18-14-9-4-3-5-11-16(14)21)17-19-13-8-6-7-10-15(13)20(17)2/h6-8,10,12,14,16,18,21H,3-5,9,11H2,1-2H3. The Bertz CT molecular complexity index is 607. The number of aliphatic hydroxyl groups excluding tert-OH is 1. The molecule has 3 unspecified atom stereocenters. The van der Waals surface area contributed by atoms with Gasteiger partial charge in [0.2, 0.25) is 0 Å². The van der Waals surface area contributed by atoms with E-state index in [0.29, 0.717) is 0 Å². The van der Waals surface area contributed by atoms with Crippen LogP contribution < -0.4 is 5.32 Å². The lowest BCUT2D eigenvalue weighted by molar-refractivity contribution is 0.114. The summed E-state index contributed by atoms with van der Waals surface area (Å²) in [7, 11) is 2.06. The average Bonchev–Trinajstić information content (AvgIpc) is 2.69. The molecular formula is C17H25N3O. The Labute approximate surface area is 126 Å². The van der Waals surface area contributed by atoms with Gasteiger partial charge in [-0.3, -0.25) is 0 Å². The zero-order valence-corrected chi connectivity index (χ0v) is 12.9. The first-order valence-electron chi connectivity index (χ1n) is 8.02. The summed E-state index contributed by atoms with van der Waals surface area (Å²) in [6.07, 6.45) is 5.30. The number of nitrogens with zero attached hydrogens (tertiary/aromatic N) is 2. The van der Waals surface area contributed by atoms with Gasteiger partial charge in [-0.05, 0) is 31.9 Å². The second kappa shape index (κ2) is 6.16. The lowest BCUT2D eigenvalue weighted by atomic mass is 10.1. The summed E-state index contributed by atoms with van der Waals surface area (Å²) < 4.78 is 2.15. The Morgan fingerprint density at radius 1 is 1.24 bits per heavy atom. The fourth-order valence-electron chi connectivity index (χ4n) is 3.43. The fraction of sp³-hybridized carbons (Fsp3) is 0.588. The van der Waals surface area contributed by atoms with Crippen LogP contribution in [0.25, 0.3) is 11.0 Å². The van der Waals surface area contributed by atoms with Crippen molar-refractivity contribution in [1.82, 2.24) is 14.9 Å². The van der Waals surface area contributed by atoms with Crippen LogP contribution in [0.1, 0.15) is 50.9 Å². The minimum atomic E-state index is -0.232. The molecule has 1 aromatic carbocycles. The maximum atomic E-state index is 10.3. The number of benzene rings is 1. The molecular weight excluding hydrogens is 262 g/mol. The predicted molar refractivity (Wildman–Crippen MR) is 85.1 cm³/mol. The maximum absolute atomic E-state index is 10.3. The van der Waals surface area contributed by atoms with Gasteiger partial charge in [-0.15, -0.1) is 0 Å². The van der Waals surface area contributed by atoms with Gasteiger partial charge in [0, 0.05) is 13.1 Å². The molecule has 114 valence electrons. The number of aromatic nitrogens is 2. The van der Waals surface area contributed by atoms with E-state index < -0.39 is 0 Å². The van der Waals surface area contributed by atoms with E-state index >= 15 is 0 Å². The number of aliphatic hydroxyl groups is 1. The highest BCUT2D eigenvalue weighted by atomic mass is 16.3. The van der Waals surface area contributed by atoms with Crippen LogP contribution in [-0.2, 0) is 7.05 Å². The molecule has 2 aromatic rings. The van der Waals surface area contributed by atoms with Crippen molar-refractivity contribution in [2.24, 2.45) is 7.05 Å². The second-order valence-corrected chi connectivity index (χ2v) is 6.22. The summed E-state index contributed by atoms with van der Waals surface area (Å²) in [4.78, 5) is 4.74. The Balaban J connectivity index is 1.80. The van der Waals surface area contributed by atoms with Gasteiger partial charge in [0.15, 0.2) is 0 Å². The molecule has 4 heteroatoms. The van der Waals surface area contributed by atoms with Crippen LogP contribution in [0.15, 0.2) is 24.3 Å². The predicted octanol–water partition coefficient (Wildman–Crippen LogP) is 2.92. The van der Waals surface area contributed by atoms with E-state index in [1.54, 1.807) is 0 Å². The summed E-state index contributed by atoms with van der Waals surface area (Å²) in [5.74, 6) is 1.03. The van der Waals surface area contributed by atoms with Gasteiger partial charge in [0.1, 0.15) is 5.82 Å². The van der Waals surface area contributed by atoms with Crippen molar-refractivity contribution in [3.8, 4) is 0 Å². The van der Waals surface area contributed by atoms with E-state index in [1.165, 1.54) is 12.8 Å². The highest BCUT2D eigenvalue weighted by Gasteiger charge is 2.24. The fourth-order valence-corrected chi connectivity index (χ4v) is 3.43. The Morgan fingerprint density at radius 2 is 2.00 bits per heavy atom. The molecule has 1 aliphatic carbocycles. The lowest BCUT2D eigenvalue weighted by Crippen LogP contribution is -2.41. The monoisotopic (exact) mass is 287 g/mol. The summed E-state index contributed by atoms with van der Waals surface area (Å²) in [5, 5.41) is 13.9. The van der Waals surface area contributed by atoms with Crippen LogP contribution in [0, 0.1) is 0 Å². The van der Waals surface area contributed by atoms with Crippen molar-refractivity contribution in [3.05, 3.63) is 30.1 Å². The number of rotatable bonds is 3. The third kappa shape index (κ3) is 2.97. The number of nitrogens with one attached hydrogen (secondary N) is 1. The van der Waals surface area contributed by atoms with Crippen LogP contribution in [0.4, 0.5) is 0 Å². The molecule has 1 fully saturated rings. The van der Waals surface area contributed by atoms with E-state index in [9.17, 15) is 5.11 Å². The normalized spacial score (nSPS) is 24.9. The SMILES string of the molecule is CC(NC1CCCCCC1O)c1nc2ccccc2n1C. The molecule has 1 saturated carbocycles. The second-order valence-electron chi connectivity index (χ2n) is 6.22. The average molecular weight is 287 g/mol. The van der Waals surface area contributed by atoms with Crippen molar-refractivity contribution in [1.29, 1.82) is 0 Å². The Morgan fingerprint density at radius 3 is 2.81 bits per heavy atom. The first-order valence-corrected chi connectivity index (χ1v) is 8.02. The van der Waals surface area contributed by atoms with Gasteiger partial charge >= 0.3 is 0 Å². The van der Waals surface area contributed by atoms with Crippen molar-refractivity contribution in [3.63, 3.8) is 0 Å². The highest BCUT2D eigenvalue weighted by Crippen LogP contribution is 2.23. The van der Waals surface area contributed by atoms with Crippen molar-refractivity contribution < 1.29 is 5.11 Å². The molecule has 0 radical (unpaired) electrons. The molecule has 2 N–H and O–H groups in total. The third-order valence-electron chi connectivity index (χ3n) is 4.65. The molecule has 3 atom stereocenters. The number of hydrogen-bond donors (Lipinski definition) is 2. The number of imidazole rings is 1. The topological polar surface area (TPSA) is 50.1 Å². The zero-order chi connectivity index (χ0) is 14.8. The highest BCUT2D eigenvalue weighted by molar-refractivity contribution is 5.75. The van der Waals surface area contributed by atoms with Gasteiger partial charge in [-0.25, -0.2) is 4.98 Å². The van der Waals surface area contributed by atoms with Gasteiger partial charge in [0.25, 0.3) is 0 Å². The summed E-state index contributed by atoms with van der Waals surface area (Å²) >= 11 is 0. The van der Waals surface area contributed by atoms with E-state index in [0.717, 1.165) is 36.1 Å². The smallest absolute Gasteiger partial charge is 0.126 e. The van der Waals surface area contributed by atoms with E-state index in [1.807, 2.05) is 18.2 Å². The molecule has 0 amide bonds. The molecule has 0 spiro atoms. The number of para-hydroxylation sites is 2. The van der Waals surface area contributed by atoms with Crippen LogP contribution in [0.2, 0.25) is 0 Å². The first kappa shape index (κ1) is 14.5. The molecule has 1 heterocycles. The van der Waals surface area contributed by atoms with Crippen molar-refractivity contribution in [2.75, 3.05) is 0 Å². The minimum Gasteiger partial charge on any atom is -0.392 e. The largest absolute Gasteiger partial charge is 0.392 e.